The monoisotopic (exact) mass is 469 g/mol. The van der Waals surface area contributed by atoms with E-state index in [1.807, 2.05) is 43.5 Å². The van der Waals surface area contributed by atoms with E-state index in [1.165, 1.54) is 15.9 Å². The lowest BCUT2D eigenvalue weighted by Crippen LogP contribution is -2.35. The van der Waals surface area contributed by atoms with Gasteiger partial charge in [0.1, 0.15) is 22.7 Å². The first-order chi connectivity index (χ1) is 15.8. The Morgan fingerprint density at radius 1 is 1.09 bits per heavy atom. The standard InChI is InChI=1S/C22H18F3N7S/c1-11-3-4-13(7-12(11)2)15-8-17(22(23,24)25)32-18(27-15)9-16(29-32)19-28-20-14-5-6-33-21(14)26-10-31(20)30-19/h3-7,9-10,15,17,27H,8H2,1-2H3. The molecule has 0 radical (unpaired) electrons. The number of aromatic nitrogens is 6. The van der Waals surface area contributed by atoms with Crippen LogP contribution in [0.1, 0.15) is 35.2 Å². The highest BCUT2D eigenvalue weighted by Gasteiger charge is 2.46. The molecule has 7 nitrogen and oxygen atoms in total. The summed E-state index contributed by atoms with van der Waals surface area (Å²) in [5.74, 6) is 0.544. The van der Waals surface area contributed by atoms with Crippen molar-refractivity contribution >= 4 is 33.0 Å². The number of halogens is 3. The predicted molar refractivity (Wildman–Crippen MR) is 119 cm³/mol. The molecule has 33 heavy (non-hydrogen) atoms. The van der Waals surface area contributed by atoms with Crippen LogP contribution in [0, 0.1) is 13.8 Å². The number of thiophene rings is 1. The SMILES string of the molecule is Cc1ccc(C2CC(C(F)(F)F)n3nc(-c4nc5c6ccsc6ncn5n4)cc3N2)cc1C. The van der Waals surface area contributed by atoms with Crippen molar-refractivity contribution in [2.45, 2.75) is 38.5 Å². The van der Waals surface area contributed by atoms with Gasteiger partial charge in [-0.1, -0.05) is 18.2 Å². The molecule has 4 aromatic heterocycles. The van der Waals surface area contributed by atoms with Crippen molar-refractivity contribution in [3.05, 3.63) is 58.7 Å². The zero-order valence-electron chi connectivity index (χ0n) is 17.6. The summed E-state index contributed by atoms with van der Waals surface area (Å²) in [6.45, 7) is 3.94. The summed E-state index contributed by atoms with van der Waals surface area (Å²) < 4.78 is 44.7. The lowest BCUT2D eigenvalue weighted by Gasteiger charge is -2.33. The predicted octanol–water partition coefficient (Wildman–Crippen LogP) is 5.48. The topological polar surface area (TPSA) is 72.9 Å². The second-order valence-electron chi connectivity index (χ2n) is 8.28. The Kier molecular flexibility index (Phi) is 4.28. The Morgan fingerprint density at radius 2 is 1.94 bits per heavy atom. The number of alkyl halides is 3. The number of anilines is 1. The van der Waals surface area contributed by atoms with E-state index in [1.54, 1.807) is 12.4 Å². The Morgan fingerprint density at radius 3 is 2.73 bits per heavy atom. The van der Waals surface area contributed by atoms with E-state index in [-0.39, 0.29) is 17.9 Å². The molecule has 1 N–H and O–H groups in total. The largest absolute Gasteiger partial charge is 0.410 e. The summed E-state index contributed by atoms with van der Waals surface area (Å²) in [7, 11) is 0. The molecule has 0 spiro atoms. The molecule has 11 heteroatoms. The molecule has 0 saturated carbocycles. The third-order valence-corrected chi connectivity index (χ3v) is 6.97. The van der Waals surface area contributed by atoms with Gasteiger partial charge >= 0.3 is 6.18 Å². The average molecular weight is 469 g/mol. The van der Waals surface area contributed by atoms with Crippen LogP contribution in [-0.4, -0.2) is 35.5 Å². The van der Waals surface area contributed by atoms with Gasteiger partial charge in [0.15, 0.2) is 11.7 Å². The van der Waals surface area contributed by atoms with Gasteiger partial charge in [0.2, 0.25) is 5.82 Å². The molecule has 2 unspecified atom stereocenters. The molecule has 5 aromatic rings. The van der Waals surface area contributed by atoms with Gasteiger partial charge < -0.3 is 5.32 Å². The minimum Gasteiger partial charge on any atom is -0.363 e. The van der Waals surface area contributed by atoms with E-state index >= 15 is 0 Å². The molecule has 5 heterocycles. The van der Waals surface area contributed by atoms with E-state index in [2.05, 4.69) is 25.5 Å². The number of hydrogen-bond donors (Lipinski definition) is 1. The quantitative estimate of drug-likeness (QED) is 0.371. The van der Waals surface area contributed by atoms with Gasteiger partial charge in [-0.05, 0) is 42.0 Å². The van der Waals surface area contributed by atoms with Crippen LogP contribution in [0.3, 0.4) is 0 Å². The lowest BCUT2D eigenvalue weighted by atomic mass is 9.94. The van der Waals surface area contributed by atoms with Crippen molar-refractivity contribution in [3.63, 3.8) is 0 Å². The molecule has 1 aliphatic rings. The first-order valence-electron chi connectivity index (χ1n) is 10.4. The fraction of sp³-hybridized carbons (Fsp3) is 0.273. The fourth-order valence-electron chi connectivity index (χ4n) is 4.26. The summed E-state index contributed by atoms with van der Waals surface area (Å²) >= 11 is 1.49. The molecule has 168 valence electrons. The first-order valence-corrected chi connectivity index (χ1v) is 11.2. The number of benzene rings is 1. The normalized spacial score (nSPS) is 18.6. The van der Waals surface area contributed by atoms with Crippen LogP contribution in [0.25, 0.3) is 27.4 Å². The van der Waals surface area contributed by atoms with Crippen LogP contribution in [0.5, 0.6) is 0 Å². The van der Waals surface area contributed by atoms with Crippen molar-refractivity contribution in [2.75, 3.05) is 5.32 Å². The zero-order chi connectivity index (χ0) is 22.9. The number of nitrogens with one attached hydrogen (secondary N) is 1. The molecule has 0 bridgehead atoms. The summed E-state index contributed by atoms with van der Waals surface area (Å²) in [4.78, 5) is 9.70. The molecule has 0 amide bonds. The molecule has 0 aliphatic carbocycles. The highest BCUT2D eigenvalue weighted by Crippen LogP contribution is 2.44. The highest BCUT2D eigenvalue weighted by atomic mass is 32.1. The number of aryl methyl sites for hydroxylation is 2. The second-order valence-corrected chi connectivity index (χ2v) is 9.18. The number of rotatable bonds is 2. The van der Waals surface area contributed by atoms with Crippen molar-refractivity contribution in [1.29, 1.82) is 0 Å². The fourth-order valence-corrected chi connectivity index (χ4v) is 4.98. The molecule has 0 saturated heterocycles. The van der Waals surface area contributed by atoms with Crippen LogP contribution in [-0.2, 0) is 0 Å². The van der Waals surface area contributed by atoms with Gasteiger partial charge in [-0.3, -0.25) is 0 Å². The van der Waals surface area contributed by atoms with Crippen molar-refractivity contribution in [1.82, 2.24) is 29.4 Å². The van der Waals surface area contributed by atoms with Gasteiger partial charge in [0, 0.05) is 12.5 Å². The van der Waals surface area contributed by atoms with Crippen LogP contribution in [0.4, 0.5) is 19.0 Å². The molecular weight excluding hydrogens is 451 g/mol. The molecular formula is C22H18F3N7S. The van der Waals surface area contributed by atoms with Crippen LogP contribution < -0.4 is 5.32 Å². The van der Waals surface area contributed by atoms with Crippen LogP contribution >= 0.6 is 11.3 Å². The summed E-state index contributed by atoms with van der Waals surface area (Å²) in [5.41, 5.74) is 3.83. The molecule has 1 aromatic carbocycles. The molecule has 2 atom stereocenters. The van der Waals surface area contributed by atoms with E-state index in [4.69, 9.17) is 0 Å². The van der Waals surface area contributed by atoms with E-state index in [0.29, 0.717) is 11.5 Å². The van der Waals surface area contributed by atoms with Crippen LogP contribution in [0.15, 0.2) is 42.0 Å². The maximum absolute atomic E-state index is 14.0. The minimum absolute atomic E-state index is 0.155. The van der Waals surface area contributed by atoms with E-state index < -0.39 is 18.3 Å². The smallest absolute Gasteiger partial charge is 0.363 e. The van der Waals surface area contributed by atoms with Crippen molar-refractivity contribution in [2.24, 2.45) is 0 Å². The number of nitrogens with zero attached hydrogens (tertiary/aromatic N) is 6. The number of hydrogen-bond acceptors (Lipinski definition) is 6. The zero-order valence-corrected chi connectivity index (χ0v) is 18.4. The maximum Gasteiger partial charge on any atom is 0.410 e. The van der Waals surface area contributed by atoms with Crippen molar-refractivity contribution in [3.8, 4) is 11.5 Å². The Hall–Kier alpha value is -3.47. The summed E-state index contributed by atoms with van der Waals surface area (Å²) in [5, 5.41) is 14.7. The minimum atomic E-state index is -4.45. The van der Waals surface area contributed by atoms with Gasteiger partial charge in [0.05, 0.1) is 11.4 Å². The number of fused-ring (bicyclic) bond motifs is 4. The van der Waals surface area contributed by atoms with E-state index in [0.717, 1.165) is 31.6 Å². The Labute approximate surface area is 189 Å². The molecule has 0 fully saturated rings. The van der Waals surface area contributed by atoms with Crippen molar-refractivity contribution < 1.29 is 13.2 Å². The van der Waals surface area contributed by atoms with Gasteiger partial charge in [-0.25, -0.2) is 19.2 Å². The Balaban J connectivity index is 1.44. The van der Waals surface area contributed by atoms with Crippen LogP contribution in [0.2, 0.25) is 0 Å². The first kappa shape index (κ1) is 20.2. The van der Waals surface area contributed by atoms with Gasteiger partial charge in [0.25, 0.3) is 0 Å². The lowest BCUT2D eigenvalue weighted by molar-refractivity contribution is -0.173. The third kappa shape index (κ3) is 3.26. The molecule has 1 aliphatic heterocycles. The third-order valence-electron chi connectivity index (χ3n) is 6.15. The van der Waals surface area contributed by atoms with Gasteiger partial charge in [-0.2, -0.15) is 18.3 Å². The van der Waals surface area contributed by atoms with Gasteiger partial charge in [-0.15, -0.1) is 16.4 Å². The average Bonchev–Trinajstić information content (AvgIpc) is 3.50. The Bertz CT molecular complexity index is 1510. The highest BCUT2D eigenvalue weighted by molar-refractivity contribution is 7.16. The second kappa shape index (κ2) is 7.01. The summed E-state index contributed by atoms with van der Waals surface area (Å²) in [6, 6.07) is 6.99. The summed E-state index contributed by atoms with van der Waals surface area (Å²) in [6.07, 6.45) is -3.05. The maximum atomic E-state index is 14.0. The van der Waals surface area contributed by atoms with E-state index in [9.17, 15) is 13.2 Å². The molecule has 6 rings (SSSR count).